The van der Waals surface area contributed by atoms with Crippen LogP contribution in [0.5, 0.6) is 5.88 Å². The summed E-state index contributed by atoms with van der Waals surface area (Å²) in [6, 6.07) is 0.258. The maximum atomic E-state index is 6.23. The molecule has 2 bridgehead atoms. The Labute approximate surface area is 173 Å². The van der Waals surface area contributed by atoms with Crippen molar-refractivity contribution in [2.24, 2.45) is 0 Å². The molecule has 154 valence electrons. The topological polar surface area (TPSA) is 91.9 Å². The van der Waals surface area contributed by atoms with Gasteiger partial charge < -0.3 is 14.8 Å². The summed E-state index contributed by atoms with van der Waals surface area (Å²) in [5.74, 6) is 1.05. The van der Waals surface area contributed by atoms with Gasteiger partial charge in [-0.2, -0.15) is 10.1 Å². The second-order valence-electron chi connectivity index (χ2n) is 8.24. The molecule has 0 amide bonds. The predicted molar refractivity (Wildman–Crippen MR) is 109 cm³/mol. The third kappa shape index (κ3) is 3.32. The van der Waals surface area contributed by atoms with Crippen LogP contribution in [0.15, 0.2) is 6.20 Å². The first-order valence-electron chi connectivity index (χ1n) is 9.93. The first-order chi connectivity index (χ1) is 13.9. The lowest BCUT2D eigenvalue weighted by molar-refractivity contribution is -0.0711. The summed E-state index contributed by atoms with van der Waals surface area (Å²) in [6.07, 6.45) is 4.29. The fourth-order valence-electron chi connectivity index (χ4n) is 4.13. The van der Waals surface area contributed by atoms with E-state index in [2.05, 4.69) is 38.9 Å². The highest BCUT2D eigenvalue weighted by Crippen LogP contribution is 2.38. The number of aryl methyl sites for hydroxylation is 1. The fraction of sp³-hybridized carbons (Fsp3) is 0.579. The number of hydrogen-bond acceptors (Lipinski definition) is 7. The number of rotatable bonds is 1. The van der Waals surface area contributed by atoms with Crippen molar-refractivity contribution < 1.29 is 9.47 Å². The lowest BCUT2D eigenvalue weighted by Gasteiger charge is -2.35. The summed E-state index contributed by atoms with van der Waals surface area (Å²) in [5.41, 5.74) is 2.35. The van der Waals surface area contributed by atoms with Crippen LogP contribution in [-0.4, -0.2) is 48.3 Å². The smallest absolute Gasteiger partial charge is 0.257 e. The summed E-state index contributed by atoms with van der Waals surface area (Å²) < 4.78 is 15.8. The highest BCUT2D eigenvalue weighted by molar-refractivity contribution is 6.34. The molecule has 2 aliphatic heterocycles. The maximum absolute atomic E-state index is 6.23. The maximum Gasteiger partial charge on any atom is 0.257 e. The highest BCUT2D eigenvalue weighted by atomic mass is 35.5. The largest absolute Gasteiger partial charge is 0.475 e. The van der Waals surface area contributed by atoms with E-state index in [0.717, 1.165) is 42.6 Å². The first kappa shape index (κ1) is 18.6. The summed E-state index contributed by atoms with van der Waals surface area (Å²) in [6.45, 7) is 8.19. The van der Waals surface area contributed by atoms with Crippen molar-refractivity contribution >= 4 is 34.3 Å². The Morgan fingerprint density at radius 1 is 1.28 bits per heavy atom. The van der Waals surface area contributed by atoms with Gasteiger partial charge in [-0.25, -0.2) is 9.67 Å². The van der Waals surface area contributed by atoms with E-state index in [-0.39, 0.29) is 11.6 Å². The number of halogens is 1. The van der Waals surface area contributed by atoms with Gasteiger partial charge in [-0.1, -0.05) is 11.6 Å². The lowest BCUT2D eigenvalue weighted by atomic mass is 9.94. The zero-order valence-electron chi connectivity index (χ0n) is 16.8. The first-order valence-corrected chi connectivity index (χ1v) is 10.3. The van der Waals surface area contributed by atoms with Gasteiger partial charge in [0.2, 0.25) is 5.95 Å². The molecule has 0 unspecified atom stereocenters. The number of hydrogen-bond donors (Lipinski definition) is 1. The Hall–Kier alpha value is -2.39. The average molecular weight is 418 g/mol. The molecule has 9 nitrogen and oxygen atoms in total. The summed E-state index contributed by atoms with van der Waals surface area (Å²) in [7, 11) is 0. The summed E-state index contributed by atoms with van der Waals surface area (Å²) in [5, 5.41) is 13.6. The quantitative estimate of drug-likeness (QED) is 0.646. The third-order valence-electron chi connectivity index (χ3n) is 5.57. The van der Waals surface area contributed by atoms with Crippen molar-refractivity contribution in [3.05, 3.63) is 17.0 Å². The van der Waals surface area contributed by atoms with Crippen LogP contribution >= 0.6 is 11.6 Å². The molecule has 3 aromatic heterocycles. The average Bonchev–Trinajstić information content (AvgIpc) is 3.15. The Balaban J connectivity index is 1.55. The second kappa shape index (κ2) is 6.84. The van der Waals surface area contributed by atoms with Crippen molar-refractivity contribution in [2.75, 3.05) is 18.5 Å². The third-order valence-corrected chi connectivity index (χ3v) is 5.85. The van der Waals surface area contributed by atoms with Crippen LogP contribution in [0.3, 0.4) is 0 Å². The fourth-order valence-corrected chi connectivity index (χ4v) is 4.36. The molecular formula is C19H24ClN7O2. The Kier molecular flexibility index (Phi) is 4.40. The normalized spacial score (nSPS) is 21.3. The van der Waals surface area contributed by atoms with E-state index in [1.807, 2.05) is 6.92 Å². The van der Waals surface area contributed by atoms with Gasteiger partial charge in [-0.15, -0.1) is 5.10 Å². The van der Waals surface area contributed by atoms with Gasteiger partial charge >= 0.3 is 0 Å². The monoisotopic (exact) mass is 417 g/mol. The second-order valence-corrected chi connectivity index (χ2v) is 8.59. The van der Waals surface area contributed by atoms with Gasteiger partial charge in [0.25, 0.3) is 5.88 Å². The molecular weight excluding hydrogens is 394 g/mol. The minimum atomic E-state index is -0.164. The Bertz CT molecular complexity index is 1070. The van der Waals surface area contributed by atoms with Crippen LogP contribution in [0.1, 0.15) is 44.8 Å². The van der Waals surface area contributed by atoms with Crippen molar-refractivity contribution in [1.29, 1.82) is 0 Å². The Morgan fingerprint density at radius 2 is 2.14 bits per heavy atom. The number of nitrogens with zero attached hydrogens (tertiary/aromatic N) is 6. The van der Waals surface area contributed by atoms with E-state index >= 15 is 0 Å². The molecule has 1 saturated heterocycles. The summed E-state index contributed by atoms with van der Waals surface area (Å²) in [4.78, 5) is 9.07. The van der Waals surface area contributed by atoms with Crippen LogP contribution < -0.4 is 10.1 Å². The van der Waals surface area contributed by atoms with Crippen molar-refractivity contribution in [3.63, 3.8) is 0 Å². The lowest BCUT2D eigenvalue weighted by Crippen LogP contribution is -2.35. The SMILES string of the molecule is Cc1c2c(nn1[C@H]1CCOC(C)(C)C1)OCCCn1nc(Cl)c3cnc(nc31)N2. The molecule has 0 radical (unpaired) electrons. The molecule has 0 spiro atoms. The standard InChI is InChI=1S/C19H24ClN7O2/c1-11-14-17(25-27(11)12-5-8-29-19(2,3)9-12)28-7-4-6-26-16-13(15(20)24-26)10-21-18(22-14)23-16/h10,12H,4-9H2,1-3H3,(H,21,22,23)/t12-/m0/s1. The van der Waals surface area contributed by atoms with Gasteiger partial charge in [-0.3, -0.25) is 4.68 Å². The molecule has 0 aromatic carbocycles. The van der Waals surface area contributed by atoms with Gasteiger partial charge in [0.05, 0.1) is 29.3 Å². The van der Waals surface area contributed by atoms with E-state index in [9.17, 15) is 0 Å². The molecule has 3 aromatic rings. The van der Waals surface area contributed by atoms with Gasteiger partial charge in [-0.05, 0) is 33.6 Å². The number of ether oxygens (including phenoxy) is 2. The van der Waals surface area contributed by atoms with E-state index in [0.29, 0.717) is 35.8 Å². The molecule has 1 atom stereocenters. The molecule has 29 heavy (non-hydrogen) atoms. The van der Waals surface area contributed by atoms with Crippen LogP contribution in [0.25, 0.3) is 11.0 Å². The molecule has 10 heteroatoms. The molecule has 5 rings (SSSR count). The molecule has 0 aliphatic carbocycles. The van der Waals surface area contributed by atoms with Crippen LogP contribution in [0, 0.1) is 6.92 Å². The van der Waals surface area contributed by atoms with Crippen LogP contribution in [0.2, 0.25) is 5.15 Å². The molecule has 2 aliphatic rings. The van der Waals surface area contributed by atoms with Crippen molar-refractivity contribution in [1.82, 2.24) is 29.5 Å². The Morgan fingerprint density at radius 3 is 2.97 bits per heavy atom. The number of anilines is 2. The van der Waals surface area contributed by atoms with E-state index in [1.54, 1.807) is 10.9 Å². The predicted octanol–water partition coefficient (Wildman–Crippen LogP) is 3.64. The molecule has 1 N–H and O–H groups in total. The van der Waals surface area contributed by atoms with Gasteiger partial charge in [0.1, 0.15) is 5.69 Å². The number of nitrogens with one attached hydrogen (secondary N) is 1. The summed E-state index contributed by atoms with van der Waals surface area (Å²) >= 11 is 6.23. The van der Waals surface area contributed by atoms with Crippen molar-refractivity contribution in [3.8, 4) is 5.88 Å². The van der Waals surface area contributed by atoms with Crippen LogP contribution in [0.4, 0.5) is 11.6 Å². The number of fused-ring (bicyclic) bond motifs is 2. The highest BCUT2D eigenvalue weighted by Gasteiger charge is 2.32. The zero-order valence-corrected chi connectivity index (χ0v) is 17.5. The molecule has 5 heterocycles. The van der Waals surface area contributed by atoms with Gasteiger partial charge in [0.15, 0.2) is 10.8 Å². The molecule has 1 fully saturated rings. The van der Waals surface area contributed by atoms with E-state index in [4.69, 9.17) is 26.2 Å². The minimum Gasteiger partial charge on any atom is -0.475 e. The van der Waals surface area contributed by atoms with Crippen LogP contribution in [-0.2, 0) is 11.3 Å². The minimum absolute atomic E-state index is 0.164. The van der Waals surface area contributed by atoms with Gasteiger partial charge in [0, 0.05) is 25.8 Å². The van der Waals surface area contributed by atoms with E-state index < -0.39 is 0 Å². The van der Waals surface area contributed by atoms with Crippen molar-refractivity contribution in [2.45, 2.75) is 58.2 Å². The number of aromatic nitrogens is 6. The van der Waals surface area contributed by atoms with E-state index in [1.165, 1.54) is 0 Å². The zero-order chi connectivity index (χ0) is 20.2. The molecule has 0 saturated carbocycles.